The second-order valence-electron chi connectivity index (χ2n) is 4.61. The predicted molar refractivity (Wildman–Crippen MR) is 70.9 cm³/mol. The molecule has 0 aliphatic carbocycles. The molecule has 1 amide bonds. The van der Waals surface area contributed by atoms with Crippen molar-refractivity contribution in [2.24, 2.45) is 0 Å². The predicted octanol–water partition coefficient (Wildman–Crippen LogP) is 2.12. The van der Waals surface area contributed by atoms with Crippen LogP contribution in [0.3, 0.4) is 0 Å². The Morgan fingerprint density at radius 1 is 1.22 bits per heavy atom. The molecule has 0 fully saturated rings. The van der Waals surface area contributed by atoms with Crippen LogP contribution in [0.1, 0.15) is 25.3 Å². The van der Waals surface area contributed by atoms with Crippen molar-refractivity contribution in [1.82, 2.24) is 4.90 Å². The van der Waals surface area contributed by atoms with Crippen molar-refractivity contribution in [1.29, 1.82) is 0 Å². The smallest absolute Gasteiger partial charge is 0.248 e. The molecule has 96 valence electrons. The molecular weight excluding hydrogens is 226 g/mol. The molecule has 1 aromatic carbocycles. The largest absolute Gasteiger partial charge is 0.369 e. The van der Waals surface area contributed by atoms with Crippen LogP contribution in [0.25, 0.3) is 0 Å². The van der Waals surface area contributed by atoms with Gasteiger partial charge >= 0.3 is 0 Å². The van der Waals surface area contributed by atoms with Crippen LogP contribution in [0.5, 0.6) is 0 Å². The Morgan fingerprint density at radius 3 is 2.61 bits per heavy atom. The molecule has 3 heteroatoms. The van der Waals surface area contributed by atoms with Crippen molar-refractivity contribution in [2.45, 2.75) is 32.4 Å². The molecule has 2 rings (SSSR count). The van der Waals surface area contributed by atoms with Gasteiger partial charge in [0.15, 0.2) is 6.23 Å². The Morgan fingerprint density at radius 2 is 1.94 bits per heavy atom. The van der Waals surface area contributed by atoms with Crippen molar-refractivity contribution in [3.63, 3.8) is 0 Å². The Labute approximate surface area is 108 Å². The van der Waals surface area contributed by atoms with E-state index in [0.717, 1.165) is 24.8 Å². The van der Waals surface area contributed by atoms with Crippen LogP contribution >= 0.6 is 0 Å². The zero-order chi connectivity index (χ0) is 13.0. The van der Waals surface area contributed by atoms with Crippen LogP contribution in [0.4, 0.5) is 0 Å². The maximum Gasteiger partial charge on any atom is 0.248 e. The van der Waals surface area contributed by atoms with E-state index in [0.29, 0.717) is 6.54 Å². The fourth-order valence-electron chi connectivity index (χ4n) is 2.25. The number of hydrogen-bond acceptors (Lipinski definition) is 2. The fraction of sp³-hybridized carbons (Fsp3) is 0.400. The quantitative estimate of drug-likeness (QED) is 0.863. The number of amides is 1. The molecule has 1 N–H and O–H groups in total. The van der Waals surface area contributed by atoms with Gasteiger partial charge < -0.3 is 10.0 Å². The van der Waals surface area contributed by atoms with E-state index in [1.807, 2.05) is 37.3 Å². The average Bonchev–Trinajstić information content (AvgIpc) is 2.64. The normalized spacial score (nSPS) is 19.2. The minimum absolute atomic E-state index is 0.0677. The first-order chi connectivity index (χ1) is 8.72. The molecule has 0 spiro atoms. The standard InChI is InChI=1S/C15H19NO2/c1-2-6-13-11-14(17)16(15(13)18)10-9-12-7-4-3-5-8-12/h3-5,7-8,11,15,18H,2,6,9-10H2,1H3/t15-/m0/s1. The van der Waals surface area contributed by atoms with E-state index < -0.39 is 6.23 Å². The molecular formula is C15H19NO2. The van der Waals surface area contributed by atoms with Crippen LogP contribution in [-0.2, 0) is 11.2 Å². The van der Waals surface area contributed by atoms with Gasteiger partial charge in [-0.3, -0.25) is 4.79 Å². The number of hydrogen-bond donors (Lipinski definition) is 1. The summed E-state index contributed by atoms with van der Waals surface area (Å²) >= 11 is 0. The first-order valence-electron chi connectivity index (χ1n) is 6.45. The Bertz CT molecular complexity index is 439. The number of aliphatic hydroxyl groups excluding tert-OH is 1. The zero-order valence-electron chi connectivity index (χ0n) is 10.7. The minimum Gasteiger partial charge on any atom is -0.369 e. The highest BCUT2D eigenvalue weighted by atomic mass is 16.3. The molecule has 1 atom stereocenters. The summed E-state index contributed by atoms with van der Waals surface area (Å²) in [5.74, 6) is -0.0677. The Kier molecular flexibility index (Phi) is 4.15. The minimum atomic E-state index is -0.721. The fourth-order valence-corrected chi connectivity index (χ4v) is 2.25. The van der Waals surface area contributed by atoms with Gasteiger partial charge in [-0.2, -0.15) is 0 Å². The Balaban J connectivity index is 1.93. The summed E-state index contributed by atoms with van der Waals surface area (Å²) in [5, 5.41) is 10.1. The number of nitrogens with zero attached hydrogens (tertiary/aromatic N) is 1. The monoisotopic (exact) mass is 245 g/mol. The number of carbonyl (C=O) groups excluding carboxylic acids is 1. The number of rotatable bonds is 5. The van der Waals surface area contributed by atoms with Crippen LogP contribution in [-0.4, -0.2) is 28.7 Å². The van der Waals surface area contributed by atoms with Crippen LogP contribution in [0, 0.1) is 0 Å². The van der Waals surface area contributed by atoms with Gasteiger partial charge in [0.25, 0.3) is 0 Å². The molecule has 0 saturated heterocycles. The maximum atomic E-state index is 11.8. The molecule has 0 aromatic heterocycles. The van der Waals surface area contributed by atoms with Crippen LogP contribution < -0.4 is 0 Å². The maximum absolute atomic E-state index is 11.8. The molecule has 3 nitrogen and oxygen atoms in total. The first kappa shape index (κ1) is 12.8. The van der Waals surface area contributed by atoms with Crippen molar-refractivity contribution < 1.29 is 9.90 Å². The van der Waals surface area contributed by atoms with Gasteiger partial charge in [-0.1, -0.05) is 43.7 Å². The lowest BCUT2D eigenvalue weighted by Crippen LogP contribution is -2.36. The van der Waals surface area contributed by atoms with Gasteiger partial charge in [-0.05, 0) is 24.0 Å². The summed E-state index contributed by atoms with van der Waals surface area (Å²) in [6, 6.07) is 10.0. The average molecular weight is 245 g/mol. The first-order valence-corrected chi connectivity index (χ1v) is 6.45. The molecule has 0 saturated carbocycles. The van der Waals surface area contributed by atoms with E-state index in [1.54, 1.807) is 6.08 Å². The summed E-state index contributed by atoms with van der Waals surface area (Å²) in [6.45, 7) is 2.61. The summed E-state index contributed by atoms with van der Waals surface area (Å²) in [6.07, 6.45) is 3.37. The zero-order valence-corrected chi connectivity index (χ0v) is 10.7. The second-order valence-corrected chi connectivity index (χ2v) is 4.61. The second kappa shape index (κ2) is 5.83. The lowest BCUT2D eigenvalue weighted by atomic mass is 10.1. The summed E-state index contributed by atoms with van der Waals surface area (Å²) in [4.78, 5) is 13.3. The molecule has 0 bridgehead atoms. The highest BCUT2D eigenvalue weighted by Gasteiger charge is 2.29. The molecule has 18 heavy (non-hydrogen) atoms. The van der Waals surface area contributed by atoms with Crippen molar-refractivity contribution in [2.75, 3.05) is 6.54 Å². The number of aliphatic hydroxyl groups is 1. The lowest BCUT2D eigenvalue weighted by molar-refractivity contribution is -0.130. The van der Waals surface area contributed by atoms with Crippen LogP contribution in [0.2, 0.25) is 0 Å². The number of benzene rings is 1. The lowest BCUT2D eigenvalue weighted by Gasteiger charge is -2.22. The molecule has 0 unspecified atom stereocenters. The summed E-state index contributed by atoms with van der Waals surface area (Å²) in [5.41, 5.74) is 2.03. The van der Waals surface area contributed by atoms with Gasteiger partial charge in [0, 0.05) is 12.6 Å². The Hall–Kier alpha value is -1.61. The van der Waals surface area contributed by atoms with E-state index in [-0.39, 0.29) is 5.91 Å². The van der Waals surface area contributed by atoms with E-state index >= 15 is 0 Å². The van der Waals surface area contributed by atoms with Crippen molar-refractivity contribution in [3.8, 4) is 0 Å². The highest BCUT2D eigenvalue weighted by molar-refractivity contribution is 5.91. The van der Waals surface area contributed by atoms with Crippen molar-refractivity contribution in [3.05, 3.63) is 47.5 Å². The summed E-state index contributed by atoms with van der Waals surface area (Å²) in [7, 11) is 0. The molecule has 1 aromatic rings. The molecule has 1 aliphatic heterocycles. The molecule has 1 heterocycles. The van der Waals surface area contributed by atoms with Crippen LogP contribution in [0.15, 0.2) is 42.0 Å². The van der Waals surface area contributed by atoms with Gasteiger partial charge in [0.05, 0.1) is 0 Å². The third-order valence-electron chi connectivity index (χ3n) is 3.24. The van der Waals surface area contributed by atoms with Gasteiger partial charge in [0.2, 0.25) is 5.91 Å². The number of carbonyl (C=O) groups is 1. The van der Waals surface area contributed by atoms with E-state index in [9.17, 15) is 9.90 Å². The summed E-state index contributed by atoms with van der Waals surface area (Å²) < 4.78 is 0. The molecule has 0 radical (unpaired) electrons. The van der Waals surface area contributed by atoms with E-state index in [4.69, 9.17) is 0 Å². The van der Waals surface area contributed by atoms with Gasteiger partial charge in [-0.15, -0.1) is 0 Å². The SMILES string of the molecule is CCCC1=CC(=O)N(CCc2ccccc2)[C@H]1O. The van der Waals surface area contributed by atoms with E-state index in [1.165, 1.54) is 10.5 Å². The third-order valence-corrected chi connectivity index (χ3v) is 3.24. The van der Waals surface area contributed by atoms with E-state index in [2.05, 4.69) is 0 Å². The topological polar surface area (TPSA) is 40.5 Å². The molecule has 1 aliphatic rings. The van der Waals surface area contributed by atoms with Gasteiger partial charge in [-0.25, -0.2) is 0 Å². The van der Waals surface area contributed by atoms with Crippen molar-refractivity contribution >= 4 is 5.91 Å². The third kappa shape index (κ3) is 2.79. The van der Waals surface area contributed by atoms with Gasteiger partial charge in [0.1, 0.15) is 0 Å². The highest BCUT2D eigenvalue weighted by Crippen LogP contribution is 2.21.